The molecule has 2 unspecified atom stereocenters. The highest BCUT2D eigenvalue weighted by Gasteiger charge is 2.34. The van der Waals surface area contributed by atoms with E-state index in [0.29, 0.717) is 37.1 Å². The Balaban J connectivity index is 1.23. The van der Waals surface area contributed by atoms with Gasteiger partial charge in [0.1, 0.15) is 23.4 Å². The van der Waals surface area contributed by atoms with E-state index in [0.717, 1.165) is 30.8 Å². The highest BCUT2D eigenvalue weighted by molar-refractivity contribution is 5.69. The van der Waals surface area contributed by atoms with Crippen LogP contribution < -0.4 is 19.3 Å². The summed E-state index contributed by atoms with van der Waals surface area (Å²) in [5.74, 6) is 0.970. The van der Waals surface area contributed by atoms with Crippen molar-refractivity contribution in [3.8, 4) is 11.5 Å². The Morgan fingerprint density at radius 1 is 1.03 bits per heavy atom. The molecule has 206 valence electrons. The van der Waals surface area contributed by atoms with Gasteiger partial charge in [0.25, 0.3) is 0 Å². The number of carboxylic acid groups (broad SMARTS) is 1. The summed E-state index contributed by atoms with van der Waals surface area (Å²) < 4.78 is 26.5. The fourth-order valence-corrected chi connectivity index (χ4v) is 5.99. The lowest BCUT2D eigenvalue weighted by Gasteiger charge is -2.38. The fourth-order valence-electron chi connectivity index (χ4n) is 5.99. The number of carbonyl (C=O) groups is 1. The predicted molar refractivity (Wildman–Crippen MR) is 152 cm³/mol. The first-order valence-corrected chi connectivity index (χ1v) is 13.9. The summed E-state index contributed by atoms with van der Waals surface area (Å²) in [6, 6.07) is 23.2. The molecule has 2 saturated heterocycles. The van der Waals surface area contributed by atoms with Crippen molar-refractivity contribution in [1.29, 1.82) is 0 Å². The standard InChI is InChI=1S/C32H37FN2O4/c1-3-38-28-13-14-29(33)30(19-28)34-16-15-31(22(2)20-34)39-27-11-9-25(10-12-27)35-21-24(17-26(35)18-32(36)37)23-7-5-4-6-8-23/h4-14,19,22,24,26,31H,3,15-18,20-21H2,1-2H3,(H,36,37)/t22?,24-,26-,31?/m1/s1. The lowest BCUT2D eigenvalue weighted by atomic mass is 9.95. The number of hydrogen-bond acceptors (Lipinski definition) is 5. The van der Waals surface area contributed by atoms with Crippen LogP contribution in [-0.2, 0) is 4.79 Å². The van der Waals surface area contributed by atoms with Gasteiger partial charge in [-0.05, 0) is 55.3 Å². The van der Waals surface area contributed by atoms with Gasteiger partial charge in [0.05, 0.1) is 18.7 Å². The van der Waals surface area contributed by atoms with Crippen LogP contribution >= 0.6 is 0 Å². The summed E-state index contributed by atoms with van der Waals surface area (Å²) >= 11 is 0. The van der Waals surface area contributed by atoms with Gasteiger partial charge in [-0.3, -0.25) is 4.79 Å². The first kappa shape index (κ1) is 26.9. The lowest BCUT2D eigenvalue weighted by Crippen LogP contribution is -2.44. The monoisotopic (exact) mass is 532 g/mol. The zero-order valence-corrected chi connectivity index (χ0v) is 22.6. The van der Waals surface area contributed by atoms with Crippen LogP contribution in [0, 0.1) is 11.7 Å². The van der Waals surface area contributed by atoms with Crippen LogP contribution in [0.3, 0.4) is 0 Å². The number of halogens is 1. The molecule has 1 N–H and O–H groups in total. The smallest absolute Gasteiger partial charge is 0.305 e. The van der Waals surface area contributed by atoms with Gasteiger partial charge in [0.15, 0.2) is 0 Å². The average molecular weight is 533 g/mol. The molecule has 3 aromatic carbocycles. The second-order valence-corrected chi connectivity index (χ2v) is 10.7. The number of anilines is 2. The molecular weight excluding hydrogens is 495 g/mol. The van der Waals surface area contributed by atoms with Gasteiger partial charge >= 0.3 is 5.97 Å². The minimum Gasteiger partial charge on any atom is -0.494 e. The van der Waals surface area contributed by atoms with Gasteiger partial charge in [-0.15, -0.1) is 0 Å². The van der Waals surface area contributed by atoms with Crippen molar-refractivity contribution in [2.45, 2.75) is 51.2 Å². The van der Waals surface area contributed by atoms with Crippen LogP contribution in [0.1, 0.15) is 44.6 Å². The van der Waals surface area contributed by atoms with Crippen LogP contribution in [0.4, 0.5) is 15.8 Å². The van der Waals surface area contributed by atoms with E-state index < -0.39 is 5.97 Å². The third kappa shape index (κ3) is 6.29. The van der Waals surface area contributed by atoms with Crippen LogP contribution in [0.25, 0.3) is 0 Å². The highest BCUT2D eigenvalue weighted by atomic mass is 19.1. The molecule has 39 heavy (non-hydrogen) atoms. The maximum absolute atomic E-state index is 14.6. The third-order valence-corrected chi connectivity index (χ3v) is 7.95. The van der Waals surface area contributed by atoms with Crippen molar-refractivity contribution < 1.29 is 23.8 Å². The number of aliphatic carboxylic acids is 1. The molecule has 0 saturated carbocycles. The number of rotatable bonds is 9. The van der Waals surface area contributed by atoms with Crippen LogP contribution in [-0.4, -0.2) is 49.5 Å². The average Bonchev–Trinajstić information content (AvgIpc) is 3.35. The molecule has 4 atom stereocenters. The molecule has 3 aromatic rings. The van der Waals surface area contributed by atoms with E-state index in [4.69, 9.17) is 9.47 Å². The molecule has 0 amide bonds. The van der Waals surface area contributed by atoms with Gasteiger partial charge in [-0.25, -0.2) is 4.39 Å². The Morgan fingerprint density at radius 3 is 2.46 bits per heavy atom. The third-order valence-electron chi connectivity index (χ3n) is 7.95. The normalized spacial score (nSPS) is 23.1. The fraction of sp³-hybridized carbons (Fsp3) is 0.406. The van der Waals surface area contributed by atoms with Crippen molar-refractivity contribution >= 4 is 17.3 Å². The predicted octanol–water partition coefficient (Wildman–Crippen LogP) is 6.36. The molecule has 2 aliphatic rings. The van der Waals surface area contributed by atoms with E-state index in [1.54, 1.807) is 12.1 Å². The van der Waals surface area contributed by atoms with E-state index in [9.17, 15) is 14.3 Å². The topological polar surface area (TPSA) is 62.2 Å². The number of carboxylic acids is 1. The zero-order valence-electron chi connectivity index (χ0n) is 22.6. The second-order valence-electron chi connectivity index (χ2n) is 10.7. The molecule has 0 radical (unpaired) electrons. The number of piperidine rings is 1. The molecule has 0 aliphatic carbocycles. The molecule has 2 fully saturated rings. The van der Waals surface area contributed by atoms with E-state index in [1.807, 2.05) is 49.4 Å². The van der Waals surface area contributed by atoms with Crippen molar-refractivity contribution in [3.63, 3.8) is 0 Å². The van der Waals surface area contributed by atoms with Gasteiger partial charge in [0, 0.05) is 55.7 Å². The van der Waals surface area contributed by atoms with E-state index in [2.05, 4.69) is 28.9 Å². The number of nitrogens with zero attached hydrogens (tertiary/aromatic N) is 2. The van der Waals surface area contributed by atoms with Gasteiger partial charge in [-0.2, -0.15) is 0 Å². The summed E-state index contributed by atoms with van der Waals surface area (Å²) in [5, 5.41) is 9.51. The van der Waals surface area contributed by atoms with Crippen LogP contribution in [0.2, 0.25) is 0 Å². The van der Waals surface area contributed by atoms with Gasteiger partial charge in [-0.1, -0.05) is 37.3 Å². The summed E-state index contributed by atoms with van der Waals surface area (Å²) in [4.78, 5) is 15.9. The van der Waals surface area contributed by atoms with Crippen molar-refractivity contribution in [2.24, 2.45) is 5.92 Å². The molecule has 0 aromatic heterocycles. The molecule has 7 heteroatoms. The summed E-state index contributed by atoms with van der Waals surface area (Å²) in [7, 11) is 0. The van der Waals surface area contributed by atoms with E-state index >= 15 is 0 Å². The molecular formula is C32H37FN2O4. The Bertz CT molecular complexity index is 1250. The Kier molecular flexibility index (Phi) is 8.24. The van der Waals surface area contributed by atoms with E-state index in [-0.39, 0.29) is 30.3 Å². The second kappa shape index (κ2) is 12.0. The van der Waals surface area contributed by atoms with Crippen molar-refractivity contribution in [2.75, 3.05) is 36.0 Å². The first-order valence-electron chi connectivity index (χ1n) is 13.9. The minimum atomic E-state index is -0.775. The largest absolute Gasteiger partial charge is 0.494 e. The van der Waals surface area contributed by atoms with Crippen molar-refractivity contribution in [1.82, 2.24) is 0 Å². The van der Waals surface area contributed by atoms with Crippen molar-refractivity contribution in [3.05, 3.63) is 84.2 Å². The van der Waals surface area contributed by atoms with Gasteiger partial charge in [0.2, 0.25) is 0 Å². The molecule has 5 rings (SSSR count). The summed E-state index contributed by atoms with van der Waals surface area (Å²) in [5.41, 5.74) is 2.84. The number of benzene rings is 3. The van der Waals surface area contributed by atoms with Crippen LogP contribution in [0.15, 0.2) is 72.8 Å². The molecule has 0 spiro atoms. The molecule has 6 nitrogen and oxygen atoms in total. The summed E-state index contributed by atoms with van der Waals surface area (Å²) in [6.07, 6.45) is 1.75. The maximum Gasteiger partial charge on any atom is 0.305 e. The van der Waals surface area contributed by atoms with E-state index in [1.165, 1.54) is 11.6 Å². The quantitative estimate of drug-likeness (QED) is 0.346. The highest BCUT2D eigenvalue weighted by Crippen LogP contribution is 2.37. The maximum atomic E-state index is 14.6. The Labute approximate surface area is 230 Å². The molecule has 2 aliphatic heterocycles. The summed E-state index contributed by atoms with van der Waals surface area (Å²) in [6.45, 7) is 6.79. The Hall–Kier alpha value is -3.74. The van der Waals surface area contributed by atoms with Crippen LogP contribution in [0.5, 0.6) is 11.5 Å². The number of hydrogen-bond donors (Lipinski definition) is 1. The zero-order chi connectivity index (χ0) is 27.4. The minimum absolute atomic E-state index is 0.0271. The lowest BCUT2D eigenvalue weighted by molar-refractivity contribution is -0.137. The molecule has 0 bridgehead atoms. The SMILES string of the molecule is CCOc1ccc(F)c(N2CCC(Oc3ccc(N4C[C@H](c5ccccc5)C[C@@H]4CC(=O)O)cc3)C(C)C2)c1. The van der Waals surface area contributed by atoms with Gasteiger partial charge < -0.3 is 24.4 Å². The Morgan fingerprint density at radius 2 is 1.77 bits per heavy atom. The number of ether oxygens (including phenoxy) is 2. The first-order chi connectivity index (χ1) is 18.9. The molecule has 2 heterocycles.